The zero-order chi connectivity index (χ0) is 10.6. The number of aliphatic hydroxyl groups excluding tert-OH is 1. The molecule has 0 bridgehead atoms. The van der Waals surface area contributed by atoms with Gasteiger partial charge in [0, 0.05) is 0 Å². The average Bonchev–Trinajstić information content (AvgIpc) is 2.01. The van der Waals surface area contributed by atoms with Gasteiger partial charge in [-0.15, -0.1) is 0 Å². The molecule has 1 aromatic carbocycles. The van der Waals surface area contributed by atoms with Crippen LogP contribution in [0.2, 0.25) is 0 Å². The SMILES string of the molecule is C[C@H](O)Cc1cccc(OC(F)F)c1. The van der Waals surface area contributed by atoms with Gasteiger partial charge in [0.2, 0.25) is 0 Å². The molecule has 0 aromatic heterocycles. The highest BCUT2D eigenvalue weighted by molar-refractivity contribution is 5.28. The van der Waals surface area contributed by atoms with E-state index < -0.39 is 12.7 Å². The Bertz CT molecular complexity index is 262. The molecule has 0 aliphatic heterocycles. The largest absolute Gasteiger partial charge is 0.435 e. The van der Waals surface area contributed by atoms with Crippen molar-refractivity contribution >= 4 is 0 Å². The van der Waals surface area contributed by atoms with E-state index in [1.165, 1.54) is 12.1 Å². The lowest BCUT2D eigenvalue weighted by Gasteiger charge is -2.07. The van der Waals surface area contributed by atoms with Crippen LogP contribution in [0, 0.1) is 0 Å². The molecule has 14 heavy (non-hydrogen) atoms. The van der Waals surface area contributed by atoms with Gasteiger partial charge >= 0.3 is 6.61 Å². The molecule has 1 rings (SSSR count). The van der Waals surface area contributed by atoms with Crippen LogP contribution in [0.1, 0.15) is 12.5 Å². The summed E-state index contributed by atoms with van der Waals surface area (Å²) in [5, 5.41) is 9.09. The van der Waals surface area contributed by atoms with Crippen molar-refractivity contribution < 1.29 is 18.6 Å². The summed E-state index contributed by atoms with van der Waals surface area (Å²) in [4.78, 5) is 0. The van der Waals surface area contributed by atoms with E-state index in [1.807, 2.05) is 0 Å². The fourth-order valence-electron chi connectivity index (χ4n) is 1.19. The Morgan fingerprint density at radius 2 is 2.14 bits per heavy atom. The maximum Gasteiger partial charge on any atom is 0.387 e. The van der Waals surface area contributed by atoms with Gasteiger partial charge in [0.15, 0.2) is 0 Å². The number of aliphatic hydroxyl groups is 1. The van der Waals surface area contributed by atoms with Gasteiger partial charge in [-0.2, -0.15) is 8.78 Å². The van der Waals surface area contributed by atoms with Crippen molar-refractivity contribution in [3.05, 3.63) is 29.8 Å². The molecule has 0 aliphatic carbocycles. The van der Waals surface area contributed by atoms with E-state index in [-0.39, 0.29) is 5.75 Å². The molecule has 0 amide bonds. The maximum atomic E-state index is 11.8. The topological polar surface area (TPSA) is 29.5 Å². The van der Waals surface area contributed by atoms with Gasteiger partial charge in [-0.25, -0.2) is 0 Å². The van der Waals surface area contributed by atoms with Gasteiger partial charge in [-0.3, -0.25) is 0 Å². The molecule has 2 nitrogen and oxygen atoms in total. The fourth-order valence-corrected chi connectivity index (χ4v) is 1.19. The third-order valence-electron chi connectivity index (χ3n) is 1.65. The summed E-state index contributed by atoms with van der Waals surface area (Å²) in [7, 11) is 0. The maximum absolute atomic E-state index is 11.8. The summed E-state index contributed by atoms with van der Waals surface area (Å²) in [5.74, 6) is 0.123. The molecule has 1 atom stereocenters. The molecule has 0 radical (unpaired) electrons. The third-order valence-corrected chi connectivity index (χ3v) is 1.65. The van der Waals surface area contributed by atoms with Crippen molar-refractivity contribution in [3.63, 3.8) is 0 Å². The van der Waals surface area contributed by atoms with E-state index in [0.29, 0.717) is 6.42 Å². The minimum Gasteiger partial charge on any atom is -0.435 e. The van der Waals surface area contributed by atoms with Crippen molar-refractivity contribution in [1.29, 1.82) is 0 Å². The van der Waals surface area contributed by atoms with E-state index in [0.717, 1.165) is 5.56 Å². The normalized spacial score (nSPS) is 12.9. The van der Waals surface area contributed by atoms with Crippen LogP contribution >= 0.6 is 0 Å². The summed E-state index contributed by atoms with van der Waals surface area (Å²) >= 11 is 0. The molecule has 0 fully saturated rings. The first kappa shape index (κ1) is 10.9. The van der Waals surface area contributed by atoms with Gasteiger partial charge in [0.25, 0.3) is 0 Å². The minimum atomic E-state index is -2.81. The molecule has 1 aromatic rings. The van der Waals surface area contributed by atoms with Crippen molar-refractivity contribution in [2.24, 2.45) is 0 Å². The lowest BCUT2D eigenvalue weighted by Crippen LogP contribution is -2.05. The summed E-state index contributed by atoms with van der Waals surface area (Å²) in [6, 6.07) is 6.33. The molecule has 0 unspecified atom stereocenters. The molecule has 4 heteroatoms. The molecular weight excluding hydrogens is 190 g/mol. The number of ether oxygens (including phenoxy) is 1. The van der Waals surface area contributed by atoms with E-state index in [4.69, 9.17) is 5.11 Å². The number of benzene rings is 1. The highest BCUT2D eigenvalue weighted by atomic mass is 19.3. The Morgan fingerprint density at radius 1 is 1.43 bits per heavy atom. The second-order valence-corrected chi connectivity index (χ2v) is 3.08. The zero-order valence-corrected chi connectivity index (χ0v) is 7.78. The van der Waals surface area contributed by atoms with Crippen LogP contribution in [-0.2, 0) is 6.42 Å². The summed E-state index contributed by atoms with van der Waals surface area (Å²) in [5.41, 5.74) is 0.776. The lowest BCUT2D eigenvalue weighted by molar-refractivity contribution is -0.0498. The first-order valence-electron chi connectivity index (χ1n) is 4.29. The van der Waals surface area contributed by atoms with Crippen molar-refractivity contribution in [2.75, 3.05) is 0 Å². The first-order chi connectivity index (χ1) is 6.58. The predicted molar refractivity (Wildman–Crippen MR) is 48.5 cm³/mol. The van der Waals surface area contributed by atoms with Crippen molar-refractivity contribution in [3.8, 4) is 5.75 Å². The summed E-state index contributed by atoms with van der Waals surface area (Å²) in [6.07, 6.45) is -0.0581. The van der Waals surface area contributed by atoms with Gasteiger partial charge in [0.1, 0.15) is 5.75 Å². The standard InChI is InChI=1S/C10H12F2O2/c1-7(13)5-8-3-2-4-9(6-8)14-10(11)12/h2-4,6-7,10,13H,5H2,1H3/t7-/m0/s1. The molecule has 1 N–H and O–H groups in total. The van der Waals surface area contributed by atoms with E-state index in [2.05, 4.69) is 4.74 Å². The van der Waals surface area contributed by atoms with Crippen LogP contribution in [0.15, 0.2) is 24.3 Å². The summed E-state index contributed by atoms with van der Waals surface area (Å²) in [6.45, 7) is -1.17. The highest BCUT2D eigenvalue weighted by Gasteiger charge is 2.05. The Morgan fingerprint density at radius 3 is 2.71 bits per heavy atom. The van der Waals surface area contributed by atoms with Crippen molar-refractivity contribution in [1.82, 2.24) is 0 Å². The lowest BCUT2D eigenvalue weighted by atomic mass is 10.1. The van der Waals surface area contributed by atoms with Gasteiger partial charge < -0.3 is 9.84 Å². The molecule has 0 heterocycles. The van der Waals surface area contributed by atoms with Crippen LogP contribution in [0.5, 0.6) is 5.75 Å². The van der Waals surface area contributed by atoms with Gasteiger partial charge in [-0.05, 0) is 31.0 Å². The monoisotopic (exact) mass is 202 g/mol. The predicted octanol–water partition coefficient (Wildman–Crippen LogP) is 2.21. The molecule has 78 valence electrons. The van der Waals surface area contributed by atoms with Gasteiger partial charge in [0.05, 0.1) is 6.10 Å². The minimum absolute atomic E-state index is 0.123. The van der Waals surface area contributed by atoms with Crippen LogP contribution in [0.4, 0.5) is 8.78 Å². The summed E-state index contributed by atoms with van der Waals surface area (Å²) < 4.78 is 27.9. The second-order valence-electron chi connectivity index (χ2n) is 3.08. The van der Waals surface area contributed by atoms with E-state index in [9.17, 15) is 8.78 Å². The quantitative estimate of drug-likeness (QED) is 0.811. The fraction of sp³-hybridized carbons (Fsp3) is 0.400. The van der Waals surface area contributed by atoms with Crippen molar-refractivity contribution in [2.45, 2.75) is 26.1 Å². The van der Waals surface area contributed by atoms with Crippen LogP contribution in [0.25, 0.3) is 0 Å². The first-order valence-corrected chi connectivity index (χ1v) is 4.29. The third kappa shape index (κ3) is 3.70. The van der Waals surface area contributed by atoms with E-state index >= 15 is 0 Å². The average molecular weight is 202 g/mol. The van der Waals surface area contributed by atoms with Gasteiger partial charge in [-0.1, -0.05) is 12.1 Å². The Balaban J connectivity index is 2.68. The number of hydrogen-bond donors (Lipinski definition) is 1. The molecule has 0 saturated heterocycles. The molecule has 0 saturated carbocycles. The Hall–Kier alpha value is -1.16. The van der Waals surface area contributed by atoms with Crippen LogP contribution in [-0.4, -0.2) is 17.8 Å². The smallest absolute Gasteiger partial charge is 0.387 e. The Labute approximate surface area is 81.1 Å². The Kier molecular flexibility index (Phi) is 3.83. The number of alkyl halides is 2. The molecule has 0 spiro atoms. The molecule has 0 aliphatic rings. The van der Waals surface area contributed by atoms with Crippen LogP contribution < -0.4 is 4.74 Å². The number of halogens is 2. The number of hydrogen-bond acceptors (Lipinski definition) is 2. The van der Waals surface area contributed by atoms with Crippen LogP contribution in [0.3, 0.4) is 0 Å². The highest BCUT2D eigenvalue weighted by Crippen LogP contribution is 2.16. The zero-order valence-electron chi connectivity index (χ0n) is 7.78. The number of rotatable bonds is 4. The molecular formula is C10H12F2O2. The second kappa shape index (κ2) is 4.91. The van der Waals surface area contributed by atoms with E-state index in [1.54, 1.807) is 19.1 Å².